The number of ether oxygens (including phenoxy) is 1. The van der Waals surface area contributed by atoms with Gasteiger partial charge in [-0.25, -0.2) is 4.98 Å². The quantitative estimate of drug-likeness (QED) is 0.760. The van der Waals surface area contributed by atoms with Crippen molar-refractivity contribution in [3.05, 3.63) is 52.5 Å². The Morgan fingerprint density at radius 1 is 1.23 bits per heavy atom. The van der Waals surface area contributed by atoms with Crippen molar-refractivity contribution in [2.45, 2.75) is 0 Å². The van der Waals surface area contributed by atoms with Crippen molar-refractivity contribution in [1.82, 2.24) is 9.97 Å². The van der Waals surface area contributed by atoms with Gasteiger partial charge >= 0.3 is 0 Å². The number of carbonyl (C=O) groups is 1. The van der Waals surface area contributed by atoms with Crippen LogP contribution < -0.4 is 10.1 Å². The van der Waals surface area contributed by atoms with Crippen LogP contribution in [0.25, 0.3) is 11.0 Å². The van der Waals surface area contributed by atoms with Gasteiger partial charge in [0.25, 0.3) is 5.91 Å². The molecule has 112 valence electrons. The normalized spacial score (nSPS) is 10.6. The van der Waals surface area contributed by atoms with Gasteiger partial charge in [-0.05, 0) is 30.3 Å². The van der Waals surface area contributed by atoms with Gasteiger partial charge in [0.2, 0.25) is 5.95 Å². The molecule has 0 radical (unpaired) electrons. The number of rotatable bonds is 4. The number of nitrogens with one attached hydrogen (secondary N) is 2. The van der Waals surface area contributed by atoms with Gasteiger partial charge in [-0.15, -0.1) is 0 Å². The minimum atomic E-state index is -0.343. The Labute approximate surface area is 136 Å². The second-order valence-electron chi connectivity index (χ2n) is 4.51. The number of carbonyl (C=O) groups excluding carboxylic acids is 1. The third-order valence-electron chi connectivity index (χ3n) is 2.90. The minimum Gasteiger partial charge on any atom is -0.482 e. The third-order valence-corrected chi connectivity index (χ3v) is 3.43. The van der Waals surface area contributed by atoms with Crippen LogP contribution in [0, 0.1) is 0 Å². The lowest BCUT2D eigenvalue weighted by atomic mass is 10.3. The number of benzene rings is 2. The first-order chi connectivity index (χ1) is 10.6. The van der Waals surface area contributed by atoms with Crippen LogP contribution in [0.1, 0.15) is 0 Å². The number of nitrogens with zero attached hydrogens (tertiary/aromatic N) is 1. The SMILES string of the molecule is O=C(COc1ccc(Cl)cc1Cl)Nc1nc2ccccc2[nH]1. The van der Waals surface area contributed by atoms with Crippen LogP contribution in [0.5, 0.6) is 5.75 Å². The number of anilines is 1. The molecule has 0 spiro atoms. The van der Waals surface area contributed by atoms with E-state index in [1.807, 2.05) is 24.3 Å². The average Bonchev–Trinajstić information content (AvgIpc) is 2.88. The summed E-state index contributed by atoms with van der Waals surface area (Å²) in [7, 11) is 0. The number of halogens is 2. The molecule has 0 aliphatic carbocycles. The van der Waals surface area contributed by atoms with Crippen molar-refractivity contribution < 1.29 is 9.53 Å². The first-order valence-electron chi connectivity index (χ1n) is 6.44. The molecule has 22 heavy (non-hydrogen) atoms. The summed E-state index contributed by atoms with van der Waals surface area (Å²) in [4.78, 5) is 19.1. The zero-order valence-electron chi connectivity index (χ0n) is 11.3. The number of hydrogen-bond acceptors (Lipinski definition) is 3. The van der Waals surface area contributed by atoms with Crippen LogP contribution in [-0.2, 0) is 4.79 Å². The smallest absolute Gasteiger partial charge is 0.264 e. The summed E-state index contributed by atoms with van der Waals surface area (Å²) in [5.74, 6) is 0.424. The van der Waals surface area contributed by atoms with Crippen LogP contribution in [0.4, 0.5) is 5.95 Å². The van der Waals surface area contributed by atoms with E-state index in [1.54, 1.807) is 18.2 Å². The van der Waals surface area contributed by atoms with Crippen LogP contribution in [0.15, 0.2) is 42.5 Å². The van der Waals surface area contributed by atoms with Crippen LogP contribution in [0.3, 0.4) is 0 Å². The predicted molar refractivity (Wildman–Crippen MR) is 86.7 cm³/mol. The number of fused-ring (bicyclic) bond motifs is 1. The topological polar surface area (TPSA) is 67.0 Å². The fourth-order valence-electron chi connectivity index (χ4n) is 1.92. The second-order valence-corrected chi connectivity index (χ2v) is 5.36. The van der Waals surface area contributed by atoms with E-state index in [9.17, 15) is 4.79 Å². The lowest BCUT2D eigenvalue weighted by molar-refractivity contribution is -0.118. The number of aromatic nitrogens is 2. The molecule has 0 saturated heterocycles. The van der Waals surface area contributed by atoms with Crippen molar-refractivity contribution in [1.29, 1.82) is 0 Å². The van der Waals surface area contributed by atoms with E-state index in [0.717, 1.165) is 11.0 Å². The largest absolute Gasteiger partial charge is 0.482 e. The van der Waals surface area contributed by atoms with E-state index < -0.39 is 0 Å². The Bertz CT molecular complexity index is 800. The summed E-state index contributed by atoms with van der Waals surface area (Å²) in [5.41, 5.74) is 1.62. The van der Waals surface area contributed by atoms with Gasteiger partial charge in [-0.1, -0.05) is 35.3 Å². The number of hydrogen-bond donors (Lipinski definition) is 2. The molecule has 1 heterocycles. The number of imidazole rings is 1. The molecule has 2 aromatic carbocycles. The Balaban J connectivity index is 1.62. The standard InChI is InChI=1S/C15H11Cl2N3O2/c16-9-5-6-13(10(17)7-9)22-8-14(21)20-15-18-11-3-1-2-4-12(11)19-15/h1-7H,8H2,(H2,18,19,20,21). The Morgan fingerprint density at radius 2 is 2.05 bits per heavy atom. The van der Waals surface area contributed by atoms with Crippen molar-refractivity contribution in [3.63, 3.8) is 0 Å². The van der Waals surface area contributed by atoms with Gasteiger partial charge in [-0.3, -0.25) is 10.1 Å². The summed E-state index contributed by atoms with van der Waals surface area (Å²) in [6.07, 6.45) is 0. The molecular formula is C15H11Cl2N3O2. The van der Waals surface area contributed by atoms with Crippen LogP contribution in [-0.4, -0.2) is 22.5 Å². The highest BCUT2D eigenvalue weighted by atomic mass is 35.5. The maximum absolute atomic E-state index is 11.9. The fourth-order valence-corrected chi connectivity index (χ4v) is 2.38. The van der Waals surface area contributed by atoms with Gasteiger partial charge in [0.1, 0.15) is 5.75 Å². The van der Waals surface area contributed by atoms with Crippen molar-refractivity contribution in [3.8, 4) is 5.75 Å². The number of H-pyrrole nitrogens is 1. The number of aromatic amines is 1. The molecular weight excluding hydrogens is 325 g/mol. The molecule has 0 aliphatic rings. The summed E-state index contributed by atoms with van der Waals surface area (Å²) >= 11 is 11.8. The minimum absolute atomic E-state index is 0.182. The molecule has 1 aromatic heterocycles. The molecule has 0 bridgehead atoms. The summed E-state index contributed by atoms with van der Waals surface area (Å²) in [5, 5.41) is 3.49. The van der Waals surface area contributed by atoms with E-state index in [4.69, 9.17) is 27.9 Å². The van der Waals surface area contributed by atoms with Crippen molar-refractivity contribution in [2.75, 3.05) is 11.9 Å². The van der Waals surface area contributed by atoms with E-state index in [0.29, 0.717) is 21.7 Å². The molecule has 0 fully saturated rings. The highest BCUT2D eigenvalue weighted by Crippen LogP contribution is 2.27. The van der Waals surface area contributed by atoms with Gasteiger partial charge in [0, 0.05) is 5.02 Å². The Kier molecular flexibility index (Phi) is 4.18. The molecule has 3 aromatic rings. The maximum atomic E-state index is 11.9. The number of para-hydroxylation sites is 2. The lowest BCUT2D eigenvalue weighted by Gasteiger charge is -2.07. The molecule has 0 aliphatic heterocycles. The zero-order chi connectivity index (χ0) is 15.5. The maximum Gasteiger partial charge on any atom is 0.264 e. The second kappa shape index (κ2) is 6.25. The van der Waals surface area contributed by atoms with Gasteiger partial charge in [0.15, 0.2) is 6.61 Å². The van der Waals surface area contributed by atoms with E-state index >= 15 is 0 Å². The van der Waals surface area contributed by atoms with Gasteiger partial charge in [0.05, 0.1) is 16.1 Å². The molecule has 2 N–H and O–H groups in total. The Morgan fingerprint density at radius 3 is 2.82 bits per heavy atom. The molecule has 7 heteroatoms. The van der Waals surface area contributed by atoms with Crippen molar-refractivity contribution >= 4 is 46.1 Å². The summed E-state index contributed by atoms with van der Waals surface area (Å²) in [6, 6.07) is 12.3. The molecule has 0 unspecified atom stereocenters. The first-order valence-corrected chi connectivity index (χ1v) is 7.20. The monoisotopic (exact) mass is 335 g/mol. The molecule has 0 atom stereocenters. The fraction of sp³-hybridized carbons (Fsp3) is 0.0667. The van der Waals surface area contributed by atoms with E-state index in [2.05, 4.69) is 15.3 Å². The number of amides is 1. The Hall–Kier alpha value is -2.24. The molecule has 1 amide bonds. The summed E-state index contributed by atoms with van der Waals surface area (Å²) in [6.45, 7) is -0.182. The van der Waals surface area contributed by atoms with Gasteiger partial charge in [-0.2, -0.15) is 0 Å². The predicted octanol–water partition coefficient (Wildman–Crippen LogP) is 3.89. The molecule has 0 saturated carbocycles. The summed E-state index contributed by atoms with van der Waals surface area (Å²) < 4.78 is 5.36. The third kappa shape index (κ3) is 3.32. The molecule has 3 rings (SSSR count). The van der Waals surface area contributed by atoms with Gasteiger partial charge < -0.3 is 9.72 Å². The van der Waals surface area contributed by atoms with Crippen molar-refractivity contribution in [2.24, 2.45) is 0 Å². The highest BCUT2D eigenvalue weighted by Gasteiger charge is 2.09. The average molecular weight is 336 g/mol. The zero-order valence-corrected chi connectivity index (χ0v) is 12.8. The van der Waals surface area contributed by atoms with Crippen LogP contribution in [0.2, 0.25) is 10.0 Å². The lowest BCUT2D eigenvalue weighted by Crippen LogP contribution is -2.20. The highest BCUT2D eigenvalue weighted by molar-refractivity contribution is 6.35. The van der Waals surface area contributed by atoms with E-state index in [1.165, 1.54) is 0 Å². The van der Waals surface area contributed by atoms with E-state index in [-0.39, 0.29) is 12.5 Å². The van der Waals surface area contributed by atoms with Crippen LogP contribution >= 0.6 is 23.2 Å². The molecule has 5 nitrogen and oxygen atoms in total. The first kappa shape index (κ1) is 14.7.